The minimum atomic E-state index is -0.120. The Morgan fingerprint density at radius 1 is 1.21 bits per heavy atom. The Labute approximate surface area is 113 Å². The minimum Gasteiger partial charge on any atom is -0.343 e. The van der Waals surface area contributed by atoms with Crippen molar-refractivity contribution < 1.29 is 4.39 Å². The summed E-state index contributed by atoms with van der Waals surface area (Å²) >= 11 is 0. The van der Waals surface area contributed by atoms with E-state index in [1.807, 2.05) is 6.07 Å². The molecule has 0 atom stereocenters. The highest BCUT2D eigenvalue weighted by Gasteiger charge is 2.20. The molecule has 102 valence electrons. The van der Waals surface area contributed by atoms with Gasteiger partial charge in [0.1, 0.15) is 5.82 Å². The number of fused-ring (bicyclic) bond motifs is 3. The van der Waals surface area contributed by atoms with Crippen molar-refractivity contribution in [3.8, 4) is 0 Å². The molecule has 1 aliphatic rings. The van der Waals surface area contributed by atoms with Gasteiger partial charge in [0.15, 0.2) is 0 Å². The monoisotopic (exact) mass is 260 g/mol. The molecular formula is C16H21FN2. The number of nitrogens with zero attached hydrogens (tertiary/aromatic N) is 2. The molecule has 19 heavy (non-hydrogen) atoms. The van der Waals surface area contributed by atoms with Crippen LogP contribution in [-0.2, 0) is 19.4 Å². The van der Waals surface area contributed by atoms with E-state index in [0.29, 0.717) is 0 Å². The number of halogens is 1. The molecular weight excluding hydrogens is 239 g/mol. The van der Waals surface area contributed by atoms with Crippen LogP contribution in [0.3, 0.4) is 0 Å². The van der Waals surface area contributed by atoms with Crippen molar-refractivity contribution in [1.29, 1.82) is 0 Å². The van der Waals surface area contributed by atoms with E-state index >= 15 is 0 Å². The van der Waals surface area contributed by atoms with Crippen LogP contribution in [0.5, 0.6) is 0 Å². The van der Waals surface area contributed by atoms with E-state index in [9.17, 15) is 4.39 Å². The van der Waals surface area contributed by atoms with Gasteiger partial charge >= 0.3 is 0 Å². The Kier molecular flexibility index (Phi) is 3.31. The van der Waals surface area contributed by atoms with Crippen molar-refractivity contribution in [2.24, 2.45) is 0 Å². The number of benzene rings is 1. The van der Waals surface area contributed by atoms with E-state index in [1.165, 1.54) is 29.6 Å². The van der Waals surface area contributed by atoms with Crippen molar-refractivity contribution in [2.45, 2.75) is 32.2 Å². The molecule has 0 unspecified atom stereocenters. The Balaban J connectivity index is 2.13. The second-order valence-electron chi connectivity index (χ2n) is 5.75. The first-order valence-electron chi connectivity index (χ1n) is 7.11. The first-order valence-corrected chi connectivity index (χ1v) is 7.11. The van der Waals surface area contributed by atoms with E-state index in [0.717, 1.165) is 31.3 Å². The van der Waals surface area contributed by atoms with Crippen molar-refractivity contribution in [2.75, 3.05) is 20.6 Å². The highest BCUT2D eigenvalue weighted by Crippen LogP contribution is 2.32. The molecule has 0 N–H and O–H groups in total. The Morgan fingerprint density at radius 3 is 2.79 bits per heavy atom. The van der Waals surface area contributed by atoms with Gasteiger partial charge in [-0.3, -0.25) is 0 Å². The number of rotatable bonds is 3. The molecule has 0 bridgehead atoms. The van der Waals surface area contributed by atoms with Gasteiger partial charge in [-0.05, 0) is 63.5 Å². The summed E-state index contributed by atoms with van der Waals surface area (Å²) in [7, 11) is 4.19. The summed E-state index contributed by atoms with van der Waals surface area (Å²) in [6.07, 6.45) is 4.73. The largest absolute Gasteiger partial charge is 0.343 e. The Bertz CT molecular complexity index is 598. The normalized spacial score (nSPS) is 15.2. The smallest absolute Gasteiger partial charge is 0.123 e. The van der Waals surface area contributed by atoms with Crippen LogP contribution >= 0.6 is 0 Å². The fourth-order valence-electron chi connectivity index (χ4n) is 3.16. The maximum absolute atomic E-state index is 13.5. The molecule has 3 rings (SSSR count). The van der Waals surface area contributed by atoms with Crippen LogP contribution < -0.4 is 0 Å². The zero-order valence-electron chi connectivity index (χ0n) is 11.7. The third kappa shape index (κ3) is 2.27. The minimum absolute atomic E-state index is 0.120. The first kappa shape index (κ1) is 12.7. The molecule has 0 amide bonds. The first-order chi connectivity index (χ1) is 9.16. The summed E-state index contributed by atoms with van der Waals surface area (Å²) in [6.45, 7) is 2.01. The van der Waals surface area contributed by atoms with Gasteiger partial charge in [-0.15, -0.1) is 0 Å². The van der Waals surface area contributed by atoms with Crippen LogP contribution in [0.4, 0.5) is 4.39 Å². The Morgan fingerprint density at radius 2 is 2.00 bits per heavy atom. The molecule has 1 aliphatic carbocycles. The summed E-state index contributed by atoms with van der Waals surface area (Å²) in [4.78, 5) is 2.20. The van der Waals surface area contributed by atoms with Gasteiger partial charge in [-0.25, -0.2) is 4.39 Å². The quantitative estimate of drug-likeness (QED) is 0.822. The van der Waals surface area contributed by atoms with Gasteiger partial charge in [-0.1, -0.05) is 0 Å². The average molecular weight is 260 g/mol. The van der Waals surface area contributed by atoms with Gasteiger partial charge in [0.2, 0.25) is 0 Å². The zero-order valence-corrected chi connectivity index (χ0v) is 11.7. The number of aromatic nitrogens is 1. The van der Waals surface area contributed by atoms with Crippen LogP contribution in [0.25, 0.3) is 10.9 Å². The predicted molar refractivity (Wildman–Crippen MR) is 77.1 cm³/mol. The second kappa shape index (κ2) is 4.97. The lowest BCUT2D eigenvalue weighted by Gasteiger charge is -2.17. The number of hydrogen-bond donors (Lipinski definition) is 0. The molecule has 0 aliphatic heterocycles. The molecule has 0 saturated heterocycles. The Hall–Kier alpha value is -1.35. The maximum atomic E-state index is 13.5. The number of aryl methyl sites for hydroxylation is 1. The van der Waals surface area contributed by atoms with Crippen molar-refractivity contribution >= 4 is 10.9 Å². The lowest BCUT2D eigenvalue weighted by Crippen LogP contribution is -2.20. The average Bonchev–Trinajstić information content (AvgIpc) is 2.70. The lowest BCUT2D eigenvalue weighted by atomic mass is 9.95. The van der Waals surface area contributed by atoms with Gasteiger partial charge in [0.25, 0.3) is 0 Å². The molecule has 0 spiro atoms. The standard InChI is InChI=1S/C16H21FN2/c1-18(2)9-10-19-15-6-4-3-5-13(15)14-11-12(17)7-8-16(14)19/h7-8,11H,3-6,9-10H2,1-2H3. The summed E-state index contributed by atoms with van der Waals surface area (Å²) in [5.41, 5.74) is 4.03. The van der Waals surface area contributed by atoms with Crippen LogP contribution in [-0.4, -0.2) is 30.1 Å². The molecule has 1 heterocycles. The van der Waals surface area contributed by atoms with Crippen molar-refractivity contribution in [3.05, 3.63) is 35.3 Å². The zero-order chi connectivity index (χ0) is 13.4. The molecule has 3 heteroatoms. The van der Waals surface area contributed by atoms with Gasteiger partial charge in [0.05, 0.1) is 0 Å². The summed E-state index contributed by atoms with van der Waals surface area (Å²) in [5.74, 6) is -0.120. The third-order valence-corrected chi connectivity index (χ3v) is 4.11. The van der Waals surface area contributed by atoms with E-state index in [-0.39, 0.29) is 5.82 Å². The van der Waals surface area contributed by atoms with E-state index in [2.05, 4.69) is 23.6 Å². The van der Waals surface area contributed by atoms with Crippen molar-refractivity contribution in [1.82, 2.24) is 9.47 Å². The molecule has 2 aromatic rings. The van der Waals surface area contributed by atoms with E-state index < -0.39 is 0 Å². The molecule has 0 saturated carbocycles. The molecule has 1 aromatic heterocycles. The van der Waals surface area contributed by atoms with Gasteiger partial charge in [0, 0.05) is 29.7 Å². The van der Waals surface area contributed by atoms with E-state index in [1.54, 1.807) is 12.1 Å². The van der Waals surface area contributed by atoms with Gasteiger partial charge < -0.3 is 9.47 Å². The third-order valence-electron chi connectivity index (χ3n) is 4.11. The lowest BCUT2D eigenvalue weighted by molar-refractivity contribution is 0.383. The summed E-state index contributed by atoms with van der Waals surface area (Å²) in [5, 5.41) is 1.13. The van der Waals surface area contributed by atoms with E-state index in [4.69, 9.17) is 0 Å². The second-order valence-corrected chi connectivity index (χ2v) is 5.75. The fourth-order valence-corrected chi connectivity index (χ4v) is 3.16. The summed E-state index contributed by atoms with van der Waals surface area (Å²) in [6, 6.07) is 5.24. The highest BCUT2D eigenvalue weighted by molar-refractivity contribution is 5.86. The van der Waals surface area contributed by atoms with Crippen LogP contribution in [0.2, 0.25) is 0 Å². The fraction of sp³-hybridized carbons (Fsp3) is 0.500. The maximum Gasteiger partial charge on any atom is 0.123 e. The van der Waals surface area contributed by atoms with Crippen molar-refractivity contribution in [3.63, 3.8) is 0 Å². The molecule has 0 radical (unpaired) electrons. The van der Waals surface area contributed by atoms with Crippen LogP contribution in [0, 0.1) is 5.82 Å². The molecule has 0 fully saturated rings. The number of hydrogen-bond acceptors (Lipinski definition) is 1. The SMILES string of the molecule is CN(C)CCn1c2c(c3cc(F)ccc31)CCCC2. The summed E-state index contributed by atoms with van der Waals surface area (Å²) < 4.78 is 15.9. The predicted octanol–water partition coefficient (Wildman–Crippen LogP) is 3.22. The molecule has 1 aromatic carbocycles. The number of likely N-dealkylation sites (N-methyl/N-ethyl adjacent to an activating group) is 1. The van der Waals surface area contributed by atoms with Gasteiger partial charge in [-0.2, -0.15) is 0 Å². The van der Waals surface area contributed by atoms with Crippen LogP contribution in [0.15, 0.2) is 18.2 Å². The molecule has 2 nitrogen and oxygen atoms in total. The van der Waals surface area contributed by atoms with Crippen LogP contribution in [0.1, 0.15) is 24.1 Å². The topological polar surface area (TPSA) is 8.17 Å². The highest BCUT2D eigenvalue weighted by atomic mass is 19.1.